The summed E-state index contributed by atoms with van der Waals surface area (Å²) in [5.74, 6) is 0.843. The second-order valence-corrected chi connectivity index (χ2v) is 8.99. The minimum absolute atomic E-state index is 0.0374. The molecule has 0 bridgehead atoms. The summed E-state index contributed by atoms with van der Waals surface area (Å²) in [6.45, 7) is 2.28. The lowest BCUT2D eigenvalue weighted by Crippen LogP contribution is -2.55. The minimum atomic E-state index is -0.0374. The van der Waals surface area contributed by atoms with Crippen molar-refractivity contribution < 1.29 is 14.3 Å². The number of likely N-dealkylation sites (N-methyl/N-ethyl adjacent to an activating group) is 1. The van der Waals surface area contributed by atoms with Gasteiger partial charge < -0.3 is 24.2 Å². The van der Waals surface area contributed by atoms with Crippen molar-refractivity contribution >= 4 is 6.03 Å². The summed E-state index contributed by atoms with van der Waals surface area (Å²) >= 11 is 0. The second-order valence-electron chi connectivity index (χ2n) is 8.99. The Bertz CT molecular complexity index is 681. The summed E-state index contributed by atoms with van der Waals surface area (Å²) in [4.78, 5) is 19.4. The highest BCUT2D eigenvalue weighted by molar-refractivity contribution is 5.78. The predicted octanol–water partition coefficient (Wildman–Crippen LogP) is 3.60. The highest BCUT2D eigenvalue weighted by Crippen LogP contribution is 2.45. The minimum Gasteiger partial charge on any atom is -0.497 e. The van der Waals surface area contributed by atoms with Crippen molar-refractivity contribution in [1.29, 1.82) is 0 Å². The maximum Gasteiger partial charge on any atom is 0.320 e. The van der Waals surface area contributed by atoms with Gasteiger partial charge in [-0.3, -0.25) is 0 Å². The zero-order valence-corrected chi connectivity index (χ0v) is 18.7. The summed E-state index contributed by atoms with van der Waals surface area (Å²) in [7, 11) is 9.83. The Balaban J connectivity index is 1.67. The van der Waals surface area contributed by atoms with Gasteiger partial charge in [-0.25, -0.2) is 4.79 Å². The van der Waals surface area contributed by atoms with Crippen LogP contribution < -0.4 is 4.74 Å². The Morgan fingerprint density at radius 2 is 1.72 bits per heavy atom. The molecular formula is C23H37N3O3. The first-order valence-electron chi connectivity index (χ1n) is 10.7. The molecule has 1 aromatic carbocycles. The Morgan fingerprint density at radius 3 is 2.28 bits per heavy atom. The fraction of sp³-hybridized carbons (Fsp3) is 0.696. The standard InChI is InChI=1S/C23H37N3O3/c1-24(2)22(11-6-16-28-4)12-14-23(15-13-22)18-26(21(27)25(23)3)17-19-7-9-20(29-5)10-8-19/h7-10H,6,11-18H2,1-5H3/t22-,23+. The van der Waals surface area contributed by atoms with E-state index in [9.17, 15) is 4.79 Å². The van der Waals surface area contributed by atoms with Crippen molar-refractivity contribution in [3.05, 3.63) is 29.8 Å². The van der Waals surface area contributed by atoms with Gasteiger partial charge in [0, 0.05) is 39.4 Å². The molecule has 0 atom stereocenters. The maximum atomic E-state index is 13.0. The first kappa shape index (κ1) is 21.9. The number of carbonyl (C=O) groups is 1. The third-order valence-corrected chi connectivity index (χ3v) is 7.34. The number of hydrogen-bond donors (Lipinski definition) is 0. The van der Waals surface area contributed by atoms with Crippen LogP contribution in [0.25, 0.3) is 0 Å². The van der Waals surface area contributed by atoms with Crippen LogP contribution >= 0.6 is 0 Å². The first-order chi connectivity index (χ1) is 13.9. The van der Waals surface area contributed by atoms with Gasteiger partial charge in [-0.2, -0.15) is 0 Å². The lowest BCUT2D eigenvalue weighted by Gasteiger charge is -2.50. The third-order valence-electron chi connectivity index (χ3n) is 7.34. The van der Waals surface area contributed by atoms with Gasteiger partial charge in [0.15, 0.2) is 0 Å². The Kier molecular flexibility index (Phi) is 6.74. The van der Waals surface area contributed by atoms with E-state index < -0.39 is 0 Å². The van der Waals surface area contributed by atoms with Crippen molar-refractivity contribution in [2.24, 2.45) is 0 Å². The van der Waals surface area contributed by atoms with E-state index in [1.54, 1.807) is 14.2 Å². The largest absolute Gasteiger partial charge is 0.497 e. The molecule has 1 spiro atoms. The van der Waals surface area contributed by atoms with Crippen LogP contribution in [0.1, 0.15) is 44.1 Å². The Labute approximate surface area is 175 Å². The number of benzene rings is 1. The molecule has 1 saturated carbocycles. The molecule has 1 heterocycles. The van der Waals surface area contributed by atoms with Gasteiger partial charge in [0.05, 0.1) is 12.6 Å². The van der Waals surface area contributed by atoms with Crippen LogP contribution in [0.15, 0.2) is 24.3 Å². The molecule has 0 unspecified atom stereocenters. The number of rotatable bonds is 8. The molecule has 1 aliphatic heterocycles. The molecule has 0 aromatic heterocycles. The molecule has 1 aliphatic carbocycles. The molecule has 29 heavy (non-hydrogen) atoms. The van der Waals surface area contributed by atoms with Gasteiger partial charge in [0.1, 0.15) is 5.75 Å². The number of hydrogen-bond acceptors (Lipinski definition) is 4. The average Bonchev–Trinajstić information content (AvgIpc) is 2.95. The average molecular weight is 404 g/mol. The molecule has 3 rings (SSSR count). The molecule has 0 N–H and O–H groups in total. The third kappa shape index (κ3) is 4.38. The molecule has 1 aromatic rings. The molecule has 1 saturated heterocycles. The molecule has 0 radical (unpaired) electrons. The second kappa shape index (κ2) is 8.92. The molecule has 2 fully saturated rings. The lowest BCUT2D eigenvalue weighted by molar-refractivity contribution is 0.0229. The number of nitrogens with zero attached hydrogens (tertiary/aromatic N) is 3. The number of ether oxygens (including phenoxy) is 2. The Morgan fingerprint density at radius 1 is 1.07 bits per heavy atom. The number of carbonyl (C=O) groups excluding carboxylic acids is 1. The zero-order chi connectivity index (χ0) is 21.1. The quantitative estimate of drug-likeness (QED) is 0.622. The van der Waals surface area contributed by atoms with E-state index in [1.165, 1.54) is 0 Å². The number of methoxy groups -OCH3 is 2. The molecule has 162 valence electrons. The topological polar surface area (TPSA) is 45.3 Å². The van der Waals surface area contributed by atoms with Crippen LogP contribution in [0, 0.1) is 0 Å². The van der Waals surface area contributed by atoms with Crippen LogP contribution in [0.4, 0.5) is 4.79 Å². The smallest absolute Gasteiger partial charge is 0.320 e. The number of urea groups is 1. The fourth-order valence-electron chi connectivity index (χ4n) is 5.16. The maximum absolute atomic E-state index is 13.0. The SMILES string of the molecule is COCCC[C@]1(N(C)C)CC[C@@]2(CC1)CN(Cc1ccc(OC)cc1)C(=O)N2C. The van der Waals surface area contributed by atoms with Crippen LogP contribution in [0.2, 0.25) is 0 Å². The van der Waals surface area contributed by atoms with Crippen LogP contribution in [-0.2, 0) is 11.3 Å². The lowest BCUT2D eigenvalue weighted by atomic mass is 9.69. The summed E-state index contributed by atoms with van der Waals surface area (Å²) in [6, 6.07) is 8.16. The van der Waals surface area contributed by atoms with Gasteiger partial charge in [0.2, 0.25) is 0 Å². The zero-order valence-electron chi connectivity index (χ0n) is 18.7. The van der Waals surface area contributed by atoms with E-state index in [4.69, 9.17) is 9.47 Å². The monoisotopic (exact) mass is 403 g/mol. The summed E-state index contributed by atoms with van der Waals surface area (Å²) < 4.78 is 10.5. The molecular weight excluding hydrogens is 366 g/mol. The summed E-state index contributed by atoms with van der Waals surface area (Å²) in [5.41, 5.74) is 1.32. The summed E-state index contributed by atoms with van der Waals surface area (Å²) in [5, 5.41) is 0. The number of amides is 2. The van der Waals surface area contributed by atoms with E-state index >= 15 is 0 Å². The van der Waals surface area contributed by atoms with Gasteiger partial charge in [-0.05, 0) is 70.3 Å². The van der Waals surface area contributed by atoms with Crippen LogP contribution in [0.5, 0.6) is 5.75 Å². The van der Waals surface area contributed by atoms with Gasteiger partial charge in [-0.1, -0.05) is 12.1 Å². The van der Waals surface area contributed by atoms with Crippen molar-refractivity contribution in [2.75, 3.05) is 48.5 Å². The van der Waals surface area contributed by atoms with Crippen LogP contribution in [-0.4, -0.2) is 80.3 Å². The molecule has 2 aliphatic rings. The fourth-order valence-corrected chi connectivity index (χ4v) is 5.16. The van der Waals surface area contributed by atoms with Crippen molar-refractivity contribution in [2.45, 2.75) is 56.1 Å². The van der Waals surface area contributed by atoms with Gasteiger partial charge >= 0.3 is 6.03 Å². The van der Waals surface area contributed by atoms with Crippen molar-refractivity contribution in [1.82, 2.24) is 14.7 Å². The normalized spacial score (nSPS) is 27.3. The van der Waals surface area contributed by atoms with Gasteiger partial charge in [-0.15, -0.1) is 0 Å². The van der Waals surface area contributed by atoms with E-state index in [0.717, 1.165) is 63.0 Å². The van der Waals surface area contributed by atoms with Gasteiger partial charge in [0.25, 0.3) is 0 Å². The van der Waals surface area contributed by atoms with E-state index in [1.807, 2.05) is 41.1 Å². The molecule has 6 nitrogen and oxygen atoms in total. The van der Waals surface area contributed by atoms with Crippen LogP contribution in [0.3, 0.4) is 0 Å². The highest BCUT2D eigenvalue weighted by atomic mass is 16.5. The van der Waals surface area contributed by atoms with Crippen molar-refractivity contribution in [3.8, 4) is 5.75 Å². The van der Waals surface area contributed by atoms with E-state index in [2.05, 4.69) is 19.0 Å². The van der Waals surface area contributed by atoms with E-state index in [0.29, 0.717) is 6.54 Å². The van der Waals surface area contributed by atoms with Crippen molar-refractivity contribution in [3.63, 3.8) is 0 Å². The predicted molar refractivity (Wildman–Crippen MR) is 115 cm³/mol. The van der Waals surface area contributed by atoms with E-state index in [-0.39, 0.29) is 17.1 Å². The molecule has 6 heteroatoms. The first-order valence-corrected chi connectivity index (χ1v) is 10.7. The molecule has 2 amide bonds. The highest BCUT2D eigenvalue weighted by Gasteiger charge is 2.52. The summed E-state index contributed by atoms with van der Waals surface area (Å²) in [6.07, 6.45) is 6.59. The Hall–Kier alpha value is -1.79.